The van der Waals surface area contributed by atoms with Crippen LogP contribution in [0.5, 0.6) is 0 Å². The van der Waals surface area contributed by atoms with Crippen molar-refractivity contribution in [3.63, 3.8) is 0 Å². The molecule has 2 rings (SSSR count). The first-order valence-electron chi connectivity index (χ1n) is 5.84. The summed E-state index contributed by atoms with van der Waals surface area (Å²) in [5.74, 6) is 2.20. The van der Waals surface area contributed by atoms with Crippen molar-refractivity contribution in [3.05, 3.63) is 23.7 Å². The molecule has 84 valence electrons. The normalized spacial score (nSPS) is 20.4. The maximum absolute atomic E-state index is 5.79. The minimum atomic E-state index is 0.410. The maximum atomic E-state index is 5.79. The fourth-order valence-electron chi connectivity index (χ4n) is 2.06. The lowest BCUT2D eigenvalue weighted by Gasteiger charge is -2.31. The summed E-state index contributed by atoms with van der Waals surface area (Å²) in [6.45, 7) is 8.76. The van der Waals surface area contributed by atoms with Crippen LogP contribution in [0, 0.1) is 0 Å². The lowest BCUT2D eigenvalue weighted by atomic mass is 10.2. The summed E-state index contributed by atoms with van der Waals surface area (Å²) in [4.78, 5) is 2.47. The van der Waals surface area contributed by atoms with E-state index in [4.69, 9.17) is 4.42 Å². The molecule has 15 heavy (non-hydrogen) atoms. The van der Waals surface area contributed by atoms with E-state index in [-0.39, 0.29) is 0 Å². The Bertz CT molecular complexity index is 302. The Morgan fingerprint density at radius 1 is 1.40 bits per heavy atom. The van der Waals surface area contributed by atoms with Crippen molar-refractivity contribution in [1.82, 2.24) is 10.2 Å². The molecule has 1 fully saturated rings. The molecule has 1 N–H and O–H groups in total. The van der Waals surface area contributed by atoms with Gasteiger partial charge >= 0.3 is 0 Å². The number of nitrogens with zero attached hydrogens (tertiary/aromatic N) is 1. The van der Waals surface area contributed by atoms with Crippen LogP contribution in [-0.2, 0) is 6.42 Å². The zero-order valence-electron chi connectivity index (χ0n) is 9.62. The molecule has 0 spiro atoms. The zero-order chi connectivity index (χ0) is 10.7. The van der Waals surface area contributed by atoms with Gasteiger partial charge in [0.2, 0.25) is 0 Å². The first kappa shape index (κ1) is 10.7. The van der Waals surface area contributed by atoms with Crippen LogP contribution in [0.25, 0.3) is 0 Å². The molecule has 0 unspecified atom stereocenters. The summed E-state index contributed by atoms with van der Waals surface area (Å²) in [6.07, 6.45) is 0.980. The van der Waals surface area contributed by atoms with Crippen molar-refractivity contribution in [1.29, 1.82) is 0 Å². The Morgan fingerprint density at radius 2 is 2.13 bits per heavy atom. The Labute approximate surface area is 91.4 Å². The van der Waals surface area contributed by atoms with Crippen LogP contribution in [-0.4, -0.2) is 31.1 Å². The Balaban J connectivity index is 2.02. The Kier molecular flexibility index (Phi) is 3.44. The number of piperazine rings is 1. The number of rotatable bonds is 3. The third kappa shape index (κ3) is 2.41. The van der Waals surface area contributed by atoms with Crippen LogP contribution in [0.4, 0.5) is 0 Å². The average molecular weight is 208 g/mol. The number of furan rings is 1. The van der Waals surface area contributed by atoms with E-state index in [1.165, 1.54) is 0 Å². The Hall–Kier alpha value is -0.800. The second kappa shape index (κ2) is 4.81. The molecule has 0 amide bonds. The first-order chi connectivity index (χ1) is 7.31. The summed E-state index contributed by atoms with van der Waals surface area (Å²) >= 11 is 0. The van der Waals surface area contributed by atoms with Gasteiger partial charge in [0.1, 0.15) is 11.5 Å². The van der Waals surface area contributed by atoms with E-state index in [0.717, 1.165) is 44.1 Å². The molecule has 1 aromatic rings. The second-order valence-electron chi connectivity index (χ2n) is 4.12. The molecule has 1 aromatic heterocycles. The second-order valence-corrected chi connectivity index (χ2v) is 4.12. The molecular weight excluding hydrogens is 188 g/mol. The minimum Gasteiger partial charge on any atom is -0.464 e. The first-order valence-corrected chi connectivity index (χ1v) is 5.84. The molecule has 0 radical (unpaired) electrons. The molecule has 3 heteroatoms. The van der Waals surface area contributed by atoms with Gasteiger partial charge in [0.15, 0.2) is 0 Å². The van der Waals surface area contributed by atoms with Gasteiger partial charge in [-0.3, -0.25) is 4.90 Å². The average Bonchev–Trinajstić information content (AvgIpc) is 2.78. The van der Waals surface area contributed by atoms with Crippen molar-refractivity contribution in [2.24, 2.45) is 0 Å². The molecule has 3 nitrogen and oxygen atoms in total. The van der Waals surface area contributed by atoms with Gasteiger partial charge in [0, 0.05) is 32.6 Å². The van der Waals surface area contributed by atoms with Gasteiger partial charge in [0.05, 0.1) is 6.04 Å². The fraction of sp³-hybridized carbons (Fsp3) is 0.667. The van der Waals surface area contributed by atoms with Gasteiger partial charge in [-0.1, -0.05) is 6.92 Å². The summed E-state index contributed by atoms with van der Waals surface area (Å²) in [7, 11) is 0. The van der Waals surface area contributed by atoms with Crippen molar-refractivity contribution >= 4 is 0 Å². The lowest BCUT2D eigenvalue weighted by molar-refractivity contribution is 0.165. The molecule has 0 bridgehead atoms. The van der Waals surface area contributed by atoms with Crippen LogP contribution in [0.1, 0.15) is 31.4 Å². The standard InChI is InChI=1S/C12H20N2O/c1-3-11-4-5-12(15-11)10(2)14-8-6-13-7-9-14/h4-5,10,13H,3,6-9H2,1-2H3/t10-/m1/s1. The number of hydrogen-bond acceptors (Lipinski definition) is 3. The monoisotopic (exact) mass is 208 g/mol. The van der Waals surface area contributed by atoms with Crippen LogP contribution in [0.15, 0.2) is 16.5 Å². The van der Waals surface area contributed by atoms with E-state index in [2.05, 4.69) is 36.2 Å². The van der Waals surface area contributed by atoms with Gasteiger partial charge in [-0.15, -0.1) is 0 Å². The van der Waals surface area contributed by atoms with E-state index >= 15 is 0 Å². The molecule has 0 aliphatic carbocycles. The van der Waals surface area contributed by atoms with Gasteiger partial charge in [-0.25, -0.2) is 0 Å². The molecule has 1 atom stereocenters. The lowest BCUT2D eigenvalue weighted by Crippen LogP contribution is -2.44. The summed E-state index contributed by atoms with van der Waals surface area (Å²) < 4.78 is 5.79. The highest BCUT2D eigenvalue weighted by atomic mass is 16.3. The van der Waals surface area contributed by atoms with E-state index in [9.17, 15) is 0 Å². The smallest absolute Gasteiger partial charge is 0.121 e. The van der Waals surface area contributed by atoms with E-state index < -0.39 is 0 Å². The predicted molar refractivity (Wildman–Crippen MR) is 60.9 cm³/mol. The molecule has 2 heterocycles. The highest BCUT2D eigenvalue weighted by molar-refractivity contribution is 5.10. The highest BCUT2D eigenvalue weighted by Crippen LogP contribution is 2.22. The van der Waals surface area contributed by atoms with E-state index in [1.807, 2.05) is 0 Å². The maximum Gasteiger partial charge on any atom is 0.121 e. The summed E-state index contributed by atoms with van der Waals surface area (Å²) in [5, 5.41) is 3.37. The molecule has 0 saturated carbocycles. The van der Waals surface area contributed by atoms with Gasteiger partial charge in [-0.05, 0) is 19.1 Å². The highest BCUT2D eigenvalue weighted by Gasteiger charge is 2.20. The van der Waals surface area contributed by atoms with Gasteiger partial charge in [0.25, 0.3) is 0 Å². The third-order valence-corrected chi connectivity index (χ3v) is 3.14. The third-order valence-electron chi connectivity index (χ3n) is 3.14. The van der Waals surface area contributed by atoms with E-state index in [1.54, 1.807) is 0 Å². The summed E-state index contributed by atoms with van der Waals surface area (Å²) in [6, 6.07) is 4.62. The fourth-order valence-corrected chi connectivity index (χ4v) is 2.06. The molecule has 1 aliphatic heterocycles. The summed E-state index contributed by atoms with van der Waals surface area (Å²) in [5.41, 5.74) is 0. The largest absolute Gasteiger partial charge is 0.464 e. The minimum absolute atomic E-state index is 0.410. The van der Waals surface area contributed by atoms with E-state index in [0.29, 0.717) is 6.04 Å². The van der Waals surface area contributed by atoms with Crippen molar-refractivity contribution < 1.29 is 4.42 Å². The number of hydrogen-bond donors (Lipinski definition) is 1. The molecule has 1 aliphatic rings. The number of nitrogens with one attached hydrogen (secondary N) is 1. The zero-order valence-corrected chi connectivity index (χ0v) is 9.62. The van der Waals surface area contributed by atoms with Gasteiger partial charge < -0.3 is 9.73 Å². The van der Waals surface area contributed by atoms with Crippen LogP contribution in [0.2, 0.25) is 0 Å². The van der Waals surface area contributed by atoms with Gasteiger partial charge in [-0.2, -0.15) is 0 Å². The van der Waals surface area contributed by atoms with Crippen molar-refractivity contribution in [2.45, 2.75) is 26.3 Å². The quantitative estimate of drug-likeness (QED) is 0.821. The molecule has 0 aromatic carbocycles. The van der Waals surface area contributed by atoms with Crippen molar-refractivity contribution in [3.8, 4) is 0 Å². The number of aryl methyl sites for hydroxylation is 1. The Morgan fingerprint density at radius 3 is 2.73 bits per heavy atom. The molecular formula is C12H20N2O. The SMILES string of the molecule is CCc1ccc([C@@H](C)N2CCNCC2)o1. The molecule has 1 saturated heterocycles. The van der Waals surface area contributed by atoms with Crippen LogP contribution >= 0.6 is 0 Å². The van der Waals surface area contributed by atoms with Crippen LogP contribution in [0.3, 0.4) is 0 Å². The van der Waals surface area contributed by atoms with Crippen molar-refractivity contribution in [2.75, 3.05) is 26.2 Å². The van der Waals surface area contributed by atoms with Crippen LogP contribution < -0.4 is 5.32 Å². The predicted octanol–water partition coefficient (Wildman–Crippen LogP) is 1.81. The topological polar surface area (TPSA) is 28.4 Å².